The summed E-state index contributed by atoms with van der Waals surface area (Å²) in [7, 11) is 0. The van der Waals surface area contributed by atoms with Crippen LogP contribution in [0, 0.1) is 5.92 Å². The predicted molar refractivity (Wildman–Crippen MR) is 98.3 cm³/mol. The highest BCUT2D eigenvalue weighted by molar-refractivity contribution is 6.05. The van der Waals surface area contributed by atoms with Crippen LogP contribution in [-0.4, -0.2) is 23.2 Å². The van der Waals surface area contributed by atoms with E-state index in [9.17, 15) is 18.0 Å². The van der Waals surface area contributed by atoms with Gasteiger partial charge in [0.2, 0.25) is 5.91 Å². The van der Waals surface area contributed by atoms with Gasteiger partial charge in [-0.05, 0) is 42.0 Å². The second-order valence-electron chi connectivity index (χ2n) is 6.02. The van der Waals surface area contributed by atoms with Crippen LogP contribution in [0.2, 0.25) is 0 Å². The van der Waals surface area contributed by atoms with Crippen molar-refractivity contribution in [3.8, 4) is 0 Å². The number of anilines is 2. The standard InChI is InChI=1S/C18H16F3N3O.CH2O2/c1-11-10-16(25)23-24-17(11)12-2-6-14(7-3-12)22-15-8-4-13(5-9-15)18(19,20)21;2-1-3/h2-9,11,22H,10H2,1H3,(H,23,25);1H,(H,2,3)/t11-;/m1./s1. The third kappa shape index (κ3) is 5.57. The maximum Gasteiger partial charge on any atom is 0.416 e. The van der Waals surface area contributed by atoms with Crippen molar-refractivity contribution in [1.29, 1.82) is 0 Å². The Bertz CT molecular complexity index is 847. The lowest BCUT2D eigenvalue weighted by atomic mass is 9.94. The number of amides is 1. The molecule has 0 fully saturated rings. The van der Waals surface area contributed by atoms with Crippen molar-refractivity contribution in [2.24, 2.45) is 11.0 Å². The van der Waals surface area contributed by atoms with Crippen LogP contribution in [0.4, 0.5) is 24.5 Å². The maximum atomic E-state index is 12.6. The van der Waals surface area contributed by atoms with Gasteiger partial charge in [0, 0.05) is 23.7 Å². The van der Waals surface area contributed by atoms with Gasteiger partial charge in [0.25, 0.3) is 6.47 Å². The van der Waals surface area contributed by atoms with Gasteiger partial charge in [-0.15, -0.1) is 0 Å². The Labute approximate surface area is 159 Å². The fourth-order valence-corrected chi connectivity index (χ4v) is 2.64. The number of carboxylic acid groups (broad SMARTS) is 1. The van der Waals surface area contributed by atoms with Crippen LogP contribution >= 0.6 is 0 Å². The Morgan fingerprint density at radius 3 is 2.07 bits per heavy atom. The maximum absolute atomic E-state index is 12.6. The van der Waals surface area contributed by atoms with Gasteiger partial charge < -0.3 is 10.4 Å². The first-order valence-corrected chi connectivity index (χ1v) is 8.23. The average Bonchev–Trinajstić information content (AvgIpc) is 2.63. The molecular weight excluding hydrogens is 375 g/mol. The van der Waals surface area contributed by atoms with E-state index >= 15 is 0 Å². The molecule has 2 aromatic rings. The lowest BCUT2D eigenvalue weighted by molar-refractivity contribution is -0.137. The molecule has 0 radical (unpaired) electrons. The monoisotopic (exact) mass is 393 g/mol. The molecule has 1 aliphatic heterocycles. The van der Waals surface area contributed by atoms with Crippen molar-refractivity contribution in [2.75, 3.05) is 5.32 Å². The van der Waals surface area contributed by atoms with Crippen molar-refractivity contribution in [2.45, 2.75) is 19.5 Å². The quantitative estimate of drug-likeness (QED) is 0.688. The van der Waals surface area contributed by atoms with Gasteiger partial charge in [0.05, 0.1) is 11.3 Å². The molecule has 2 aromatic carbocycles. The lowest BCUT2D eigenvalue weighted by Crippen LogP contribution is -2.31. The number of nitrogens with one attached hydrogen (secondary N) is 2. The van der Waals surface area contributed by atoms with E-state index in [0.717, 1.165) is 29.1 Å². The number of carbonyl (C=O) groups is 2. The van der Waals surface area contributed by atoms with Gasteiger partial charge in [-0.2, -0.15) is 18.3 Å². The van der Waals surface area contributed by atoms with Crippen LogP contribution in [0.1, 0.15) is 24.5 Å². The van der Waals surface area contributed by atoms with Crippen molar-refractivity contribution in [3.63, 3.8) is 0 Å². The van der Waals surface area contributed by atoms with E-state index in [2.05, 4.69) is 15.8 Å². The van der Waals surface area contributed by atoms with Crippen LogP contribution < -0.4 is 10.7 Å². The van der Waals surface area contributed by atoms with E-state index in [1.165, 1.54) is 12.1 Å². The highest BCUT2D eigenvalue weighted by Gasteiger charge is 2.29. The van der Waals surface area contributed by atoms with Crippen LogP contribution in [0.3, 0.4) is 0 Å². The zero-order valence-electron chi connectivity index (χ0n) is 14.8. The molecule has 0 aromatic heterocycles. The summed E-state index contributed by atoms with van der Waals surface area (Å²) in [5.74, 6) is -0.0701. The van der Waals surface area contributed by atoms with Crippen molar-refractivity contribution < 1.29 is 27.9 Å². The molecular formula is C19H18F3N3O3. The zero-order valence-corrected chi connectivity index (χ0v) is 14.8. The summed E-state index contributed by atoms with van der Waals surface area (Å²) in [5.41, 5.74) is 4.81. The molecule has 28 heavy (non-hydrogen) atoms. The molecule has 0 bridgehead atoms. The molecule has 0 unspecified atom stereocenters. The first-order valence-electron chi connectivity index (χ1n) is 8.23. The third-order valence-corrected chi connectivity index (χ3v) is 3.94. The highest BCUT2D eigenvalue weighted by atomic mass is 19.4. The minimum Gasteiger partial charge on any atom is -0.483 e. The van der Waals surface area contributed by atoms with Crippen LogP contribution in [0.5, 0.6) is 0 Å². The van der Waals surface area contributed by atoms with E-state index in [-0.39, 0.29) is 18.3 Å². The SMILES string of the molecule is C[C@@H]1CC(=O)NN=C1c1ccc(Nc2ccc(C(F)(F)F)cc2)cc1.O=CO. The molecule has 1 amide bonds. The van der Waals surface area contributed by atoms with Crippen LogP contribution in [0.15, 0.2) is 53.6 Å². The van der Waals surface area contributed by atoms with Gasteiger partial charge in [-0.3, -0.25) is 9.59 Å². The summed E-state index contributed by atoms with van der Waals surface area (Å²) in [4.78, 5) is 19.7. The number of benzene rings is 2. The van der Waals surface area contributed by atoms with E-state index in [4.69, 9.17) is 9.90 Å². The molecule has 1 aliphatic rings. The van der Waals surface area contributed by atoms with Crippen molar-refractivity contribution >= 4 is 29.5 Å². The topological polar surface area (TPSA) is 90.8 Å². The number of rotatable bonds is 3. The summed E-state index contributed by atoms with van der Waals surface area (Å²) < 4.78 is 37.7. The fraction of sp³-hybridized carbons (Fsp3) is 0.211. The Morgan fingerprint density at radius 1 is 1.11 bits per heavy atom. The molecule has 6 nitrogen and oxygen atoms in total. The van der Waals surface area contributed by atoms with Gasteiger partial charge in [0.15, 0.2) is 0 Å². The Hall–Kier alpha value is -3.36. The molecule has 3 rings (SSSR count). The molecule has 1 atom stereocenters. The largest absolute Gasteiger partial charge is 0.483 e. The van der Waals surface area contributed by atoms with Crippen LogP contribution in [-0.2, 0) is 15.8 Å². The first-order chi connectivity index (χ1) is 13.2. The molecule has 0 saturated carbocycles. The summed E-state index contributed by atoms with van der Waals surface area (Å²) >= 11 is 0. The van der Waals surface area contributed by atoms with E-state index in [1.807, 2.05) is 31.2 Å². The smallest absolute Gasteiger partial charge is 0.416 e. The minimum absolute atomic E-state index is 0.0301. The highest BCUT2D eigenvalue weighted by Crippen LogP contribution is 2.30. The second kappa shape index (κ2) is 9.03. The van der Waals surface area contributed by atoms with Gasteiger partial charge in [-0.1, -0.05) is 19.1 Å². The number of hydrogen-bond acceptors (Lipinski definition) is 4. The number of alkyl halides is 3. The van der Waals surface area contributed by atoms with Crippen molar-refractivity contribution in [3.05, 3.63) is 59.7 Å². The molecule has 1 heterocycles. The lowest BCUT2D eigenvalue weighted by Gasteiger charge is -2.19. The van der Waals surface area contributed by atoms with E-state index in [1.54, 1.807) is 0 Å². The average molecular weight is 393 g/mol. The number of carbonyl (C=O) groups excluding carboxylic acids is 1. The number of halogens is 3. The number of nitrogens with zero attached hydrogens (tertiary/aromatic N) is 1. The third-order valence-electron chi connectivity index (χ3n) is 3.94. The summed E-state index contributed by atoms with van der Waals surface area (Å²) in [6, 6.07) is 12.2. The molecule has 0 aliphatic carbocycles. The summed E-state index contributed by atoms with van der Waals surface area (Å²) in [5, 5.41) is 14.0. The Morgan fingerprint density at radius 2 is 1.61 bits per heavy atom. The minimum atomic E-state index is -4.34. The number of hydrazone groups is 1. The molecule has 0 spiro atoms. The molecule has 9 heteroatoms. The number of hydrogen-bond donors (Lipinski definition) is 3. The summed E-state index contributed by atoms with van der Waals surface area (Å²) in [6.45, 7) is 1.69. The second-order valence-corrected chi connectivity index (χ2v) is 6.02. The normalized spacial score (nSPS) is 16.2. The van der Waals surface area contributed by atoms with Gasteiger partial charge >= 0.3 is 6.18 Å². The summed E-state index contributed by atoms with van der Waals surface area (Å²) in [6.07, 6.45) is -3.95. The van der Waals surface area contributed by atoms with E-state index < -0.39 is 11.7 Å². The molecule has 3 N–H and O–H groups in total. The van der Waals surface area contributed by atoms with Crippen LogP contribution in [0.25, 0.3) is 0 Å². The fourth-order valence-electron chi connectivity index (χ4n) is 2.64. The zero-order chi connectivity index (χ0) is 20.7. The van der Waals surface area contributed by atoms with Gasteiger partial charge in [-0.25, -0.2) is 5.43 Å². The first kappa shape index (κ1) is 20.9. The van der Waals surface area contributed by atoms with Crippen molar-refractivity contribution in [1.82, 2.24) is 5.43 Å². The Kier molecular flexibility index (Phi) is 6.75. The predicted octanol–water partition coefficient (Wildman–Crippen LogP) is 4.01. The van der Waals surface area contributed by atoms with E-state index in [0.29, 0.717) is 12.1 Å². The Balaban J connectivity index is 0.000000878. The molecule has 0 saturated heterocycles. The molecule has 148 valence electrons. The van der Waals surface area contributed by atoms with Gasteiger partial charge in [0.1, 0.15) is 0 Å².